The van der Waals surface area contributed by atoms with Crippen molar-refractivity contribution < 1.29 is 4.79 Å². The summed E-state index contributed by atoms with van der Waals surface area (Å²) in [5.41, 5.74) is 4.38. The SMILES string of the molecule is Cc1sc2ncn(CC(=O)c3cc(C)n(C(C)C)c3C)c(=O)c2c1-c1ccccc1. The number of Topliss-reactive ketones (excluding diaryl/α,β-unsaturated/α-hetero) is 1. The Kier molecular flexibility index (Phi) is 5.20. The van der Waals surface area contributed by atoms with Crippen molar-refractivity contribution in [1.29, 1.82) is 0 Å². The maximum Gasteiger partial charge on any atom is 0.263 e. The van der Waals surface area contributed by atoms with Gasteiger partial charge in [-0.2, -0.15) is 0 Å². The number of carbonyl (C=O) groups is 1. The van der Waals surface area contributed by atoms with Crippen LogP contribution in [0.1, 0.15) is 46.5 Å². The zero-order valence-electron chi connectivity index (χ0n) is 17.9. The molecule has 0 radical (unpaired) electrons. The predicted octanol–water partition coefficient (Wildman–Crippen LogP) is 5.32. The van der Waals surface area contributed by atoms with Crippen molar-refractivity contribution in [1.82, 2.24) is 14.1 Å². The molecule has 0 fully saturated rings. The van der Waals surface area contributed by atoms with Crippen LogP contribution in [0.3, 0.4) is 0 Å². The van der Waals surface area contributed by atoms with Crippen LogP contribution in [0.2, 0.25) is 0 Å². The minimum Gasteiger partial charge on any atom is -0.346 e. The first kappa shape index (κ1) is 20.3. The van der Waals surface area contributed by atoms with Crippen LogP contribution < -0.4 is 5.56 Å². The van der Waals surface area contributed by atoms with Crippen molar-refractivity contribution in [2.24, 2.45) is 0 Å². The maximum absolute atomic E-state index is 13.3. The van der Waals surface area contributed by atoms with Crippen LogP contribution in [-0.4, -0.2) is 19.9 Å². The summed E-state index contributed by atoms with van der Waals surface area (Å²) in [5.74, 6) is -0.0773. The van der Waals surface area contributed by atoms with Gasteiger partial charge in [0.25, 0.3) is 5.56 Å². The molecule has 0 spiro atoms. The third-order valence-electron chi connectivity index (χ3n) is 5.53. The monoisotopic (exact) mass is 419 g/mol. The van der Waals surface area contributed by atoms with E-state index in [9.17, 15) is 9.59 Å². The van der Waals surface area contributed by atoms with Crippen LogP contribution in [-0.2, 0) is 6.54 Å². The fourth-order valence-corrected chi connectivity index (χ4v) is 5.30. The van der Waals surface area contributed by atoms with E-state index < -0.39 is 0 Å². The molecule has 0 N–H and O–H groups in total. The summed E-state index contributed by atoms with van der Waals surface area (Å²) in [7, 11) is 0. The zero-order chi connectivity index (χ0) is 21.6. The Bertz CT molecular complexity index is 1310. The molecule has 6 heteroatoms. The molecule has 0 amide bonds. The molecule has 0 aliphatic carbocycles. The average Bonchev–Trinajstić information content (AvgIpc) is 3.20. The number of aromatic nitrogens is 3. The van der Waals surface area contributed by atoms with Crippen molar-refractivity contribution in [2.75, 3.05) is 0 Å². The smallest absolute Gasteiger partial charge is 0.263 e. The van der Waals surface area contributed by atoms with Gasteiger partial charge in [0.15, 0.2) is 5.78 Å². The van der Waals surface area contributed by atoms with Gasteiger partial charge in [-0.25, -0.2) is 4.98 Å². The van der Waals surface area contributed by atoms with E-state index in [1.165, 1.54) is 22.2 Å². The van der Waals surface area contributed by atoms with E-state index >= 15 is 0 Å². The largest absolute Gasteiger partial charge is 0.346 e. The number of benzene rings is 1. The van der Waals surface area contributed by atoms with Crippen LogP contribution >= 0.6 is 11.3 Å². The first-order valence-corrected chi connectivity index (χ1v) is 10.9. The highest BCUT2D eigenvalue weighted by atomic mass is 32.1. The molecule has 0 saturated heterocycles. The van der Waals surface area contributed by atoms with Crippen LogP contribution in [0.15, 0.2) is 47.5 Å². The highest BCUT2D eigenvalue weighted by Gasteiger charge is 2.20. The van der Waals surface area contributed by atoms with Crippen LogP contribution in [0.4, 0.5) is 0 Å². The number of fused-ring (bicyclic) bond motifs is 1. The standard InChI is InChI=1S/C24H25N3O2S/c1-14(2)27-15(3)11-19(16(27)4)20(28)12-26-13-25-23-22(24(26)29)21(17(5)30-23)18-9-7-6-8-10-18/h6-11,13-14H,12H2,1-5H3. The Morgan fingerprint density at radius 1 is 1.13 bits per heavy atom. The highest BCUT2D eigenvalue weighted by Crippen LogP contribution is 2.35. The topological polar surface area (TPSA) is 56.9 Å². The number of nitrogens with zero attached hydrogens (tertiary/aromatic N) is 3. The van der Waals surface area contributed by atoms with E-state index in [1.807, 2.05) is 57.2 Å². The fraction of sp³-hybridized carbons (Fsp3) is 0.292. The Hall–Kier alpha value is -2.99. The van der Waals surface area contributed by atoms with Gasteiger partial charge in [-0.15, -0.1) is 11.3 Å². The summed E-state index contributed by atoms with van der Waals surface area (Å²) in [4.78, 5) is 32.7. The lowest BCUT2D eigenvalue weighted by molar-refractivity contribution is 0.0970. The lowest BCUT2D eigenvalue weighted by atomic mass is 10.0. The quantitative estimate of drug-likeness (QED) is 0.412. The lowest BCUT2D eigenvalue weighted by Gasteiger charge is -2.13. The van der Waals surface area contributed by atoms with E-state index in [-0.39, 0.29) is 23.9 Å². The van der Waals surface area contributed by atoms with Gasteiger partial charge in [0, 0.05) is 33.4 Å². The van der Waals surface area contributed by atoms with Crippen molar-refractivity contribution >= 4 is 27.3 Å². The third kappa shape index (κ3) is 3.31. The second-order valence-electron chi connectivity index (χ2n) is 7.93. The summed E-state index contributed by atoms with van der Waals surface area (Å²) in [6.07, 6.45) is 1.49. The molecule has 30 heavy (non-hydrogen) atoms. The molecule has 0 aliphatic heterocycles. The molecular formula is C24H25N3O2S. The molecule has 0 bridgehead atoms. The molecule has 0 aliphatic rings. The molecule has 3 aromatic heterocycles. The minimum absolute atomic E-state index is 0.0205. The molecule has 0 unspecified atom stereocenters. The van der Waals surface area contributed by atoms with E-state index in [0.717, 1.165) is 27.4 Å². The number of hydrogen-bond donors (Lipinski definition) is 0. The van der Waals surface area contributed by atoms with Gasteiger partial charge in [0.05, 0.1) is 18.3 Å². The highest BCUT2D eigenvalue weighted by molar-refractivity contribution is 7.19. The molecule has 4 rings (SSSR count). The normalized spacial score (nSPS) is 11.5. The molecule has 0 atom stereocenters. The molecule has 154 valence electrons. The van der Waals surface area contributed by atoms with Gasteiger partial charge in [-0.05, 0) is 46.2 Å². The van der Waals surface area contributed by atoms with Crippen molar-refractivity contribution in [3.8, 4) is 11.1 Å². The Morgan fingerprint density at radius 3 is 2.47 bits per heavy atom. The van der Waals surface area contributed by atoms with Crippen LogP contribution in [0.25, 0.3) is 21.3 Å². The number of aryl methyl sites for hydroxylation is 2. The second kappa shape index (κ2) is 7.69. The van der Waals surface area contributed by atoms with Crippen molar-refractivity contribution in [2.45, 2.75) is 47.2 Å². The first-order chi connectivity index (χ1) is 14.3. The van der Waals surface area contributed by atoms with Crippen LogP contribution in [0, 0.1) is 20.8 Å². The minimum atomic E-state index is -0.172. The fourth-order valence-electron chi connectivity index (χ4n) is 4.30. The van der Waals surface area contributed by atoms with E-state index in [4.69, 9.17) is 0 Å². The van der Waals surface area contributed by atoms with Gasteiger partial charge in [0.1, 0.15) is 4.83 Å². The molecule has 0 saturated carbocycles. The predicted molar refractivity (Wildman–Crippen MR) is 123 cm³/mol. The summed E-state index contributed by atoms with van der Waals surface area (Å²) in [6.45, 7) is 10.1. The number of ketones is 1. The van der Waals surface area contributed by atoms with Gasteiger partial charge in [0.2, 0.25) is 0 Å². The second-order valence-corrected chi connectivity index (χ2v) is 9.13. The average molecular weight is 420 g/mol. The summed E-state index contributed by atoms with van der Waals surface area (Å²) in [6, 6.07) is 12.1. The summed E-state index contributed by atoms with van der Waals surface area (Å²) < 4.78 is 3.58. The first-order valence-electron chi connectivity index (χ1n) is 10.0. The molecule has 5 nitrogen and oxygen atoms in total. The van der Waals surface area contributed by atoms with Gasteiger partial charge in [-0.3, -0.25) is 14.2 Å². The van der Waals surface area contributed by atoms with Gasteiger partial charge >= 0.3 is 0 Å². The molecule has 4 aromatic rings. The number of carbonyl (C=O) groups excluding carboxylic acids is 1. The lowest BCUT2D eigenvalue weighted by Crippen LogP contribution is -2.24. The Balaban J connectivity index is 1.78. The zero-order valence-corrected chi connectivity index (χ0v) is 18.7. The molecular weight excluding hydrogens is 394 g/mol. The van der Waals surface area contributed by atoms with E-state index in [2.05, 4.69) is 23.4 Å². The van der Waals surface area contributed by atoms with E-state index in [1.54, 1.807) is 0 Å². The van der Waals surface area contributed by atoms with Crippen LogP contribution in [0.5, 0.6) is 0 Å². The van der Waals surface area contributed by atoms with Gasteiger partial charge in [-0.1, -0.05) is 30.3 Å². The Labute approximate surface area is 179 Å². The molecule has 3 heterocycles. The van der Waals surface area contributed by atoms with Gasteiger partial charge < -0.3 is 4.57 Å². The number of thiophene rings is 1. The summed E-state index contributed by atoms with van der Waals surface area (Å²) >= 11 is 1.51. The summed E-state index contributed by atoms with van der Waals surface area (Å²) in [5, 5.41) is 0.589. The molecule has 1 aromatic carbocycles. The number of hydrogen-bond acceptors (Lipinski definition) is 4. The third-order valence-corrected chi connectivity index (χ3v) is 6.55. The maximum atomic E-state index is 13.3. The van der Waals surface area contributed by atoms with Crippen molar-refractivity contribution in [3.63, 3.8) is 0 Å². The van der Waals surface area contributed by atoms with Crippen molar-refractivity contribution in [3.05, 3.63) is 74.9 Å². The Morgan fingerprint density at radius 2 is 1.83 bits per heavy atom. The number of rotatable bonds is 5. The van der Waals surface area contributed by atoms with E-state index in [0.29, 0.717) is 15.8 Å².